The maximum Gasteiger partial charge on any atom is 0.261 e. The summed E-state index contributed by atoms with van der Waals surface area (Å²) < 4.78 is 2.85. The van der Waals surface area contributed by atoms with Gasteiger partial charge >= 0.3 is 0 Å². The van der Waals surface area contributed by atoms with E-state index < -0.39 is 0 Å². The maximum absolute atomic E-state index is 11.7. The molecule has 3 heteroatoms. The third-order valence-electron chi connectivity index (χ3n) is 2.54. The summed E-state index contributed by atoms with van der Waals surface area (Å²) in [5.74, 6) is 0.844. The van der Waals surface area contributed by atoms with Gasteiger partial charge in [0.05, 0.1) is 0 Å². The number of carbonyl (C=O) groups excluding carboxylic acids is 1. The maximum atomic E-state index is 11.7. The van der Waals surface area contributed by atoms with Crippen LogP contribution in [-0.2, 0) is 6.42 Å². The highest BCUT2D eigenvalue weighted by molar-refractivity contribution is 7.97. The smallest absolute Gasteiger partial charge is 0.261 e. The Morgan fingerprint density at radius 1 is 0.944 bits per heavy atom. The van der Waals surface area contributed by atoms with Gasteiger partial charge < -0.3 is 0 Å². The van der Waals surface area contributed by atoms with Gasteiger partial charge in [-0.25, -0.2) is 0 Å². The van der Waals surface area contributed by atoms with Gasteiger partial charge in [-0.05, 0) is 36.1 Å². The van der Waals surface area contributed by atoms with Crippen LogP contribution in [0.2, 0.25) is 0 Å². The van der Waals surface area contributed by atoms with E-state index >= 15 is 0 Å². The lowest BCUT2D eigenvalue weighted by molar-refractivity contribution is 0.0984. The molecule has 0 saturated carbocycles. The van der Waals surface area contributed by atoms with Crippen LogP contribution in [0.1, 0.15) is 15.9 Å². The van der Waals surface area contributed by atoms with E-state index in [0.29, 0.717) is 5.56 Å². The van der Waals surface area contributed by atoms with E-state index in [1.165, 1.54) is 17.5 Å². The van der Waals surface area contributed by atoms with Gasteiger partial charge in [0.25, 0.3) is 5.91 Å². The Morgan fingerprint density at radius 2 is 1.56 bits per heavy atom. The van der Waals surface area contributed by atoms with E-state index in [9.17, 15) is 4.79 Å². The van der Waals surface area contributed by atoms with Gasteiger partial charge in [-0.15, -0.1) is 0 Å². The van der Waals surface area contributed by atoms with Crippen LogP contribution in [-0.4, -0.2) is 11.7 Å². The van der Waals surface area contributed by atoms with Gasteiger partial charge in [0.15, 0.2) is 0 Å². The molecular formula is C15H15NOS. The number of nitrogens with one attached hydrogen (secondary N) is 1. The highest BCUT2D eigenvalue weighted by Gasteiger charge is 2.03. The average molecular weight is 257 g/mol. The van der Waals surface area contributed by atoms with Crippen LogP contribution >= 0.6 is 11.9 Å². The second-order valence-electron chi connectivity index (χ2n) is 3.88. The van der Waals surface area contributed by atoms with Gasteiger partial charge in [-0.3, -0.25) is 9.52 Å². The topological polar surface area (TPSA) is 29.1 Å². The van der Waals surface area contributed by atoms with Crippen LogP contribution in [0.5, 0.6) is 0 Å². The first-order valence-corrected chi connectivity index (χ1v) is 6.86. The summed E-state index contributed by atoms with van der Waals surface area (Å²) in [6, 6.07) is 19.5. The summed E-state index contributed by atoms with van der Waals surface area (Å²) in [5, 5.41) is 0. The molecule has 2 nitrogen and oxygen atoms in total. The first-order valence-electron chi connectivity index (χ1n) is 5.87. The van der Waals surface area contributed by atoms with Gasteiger partial charge in [0, 0.05) is 11.3 Å². The Hall–Kier alpha value is -1.74. The van der Waals surface area contributed by atoms with Gasteiger partial charge in [-0.2, -0.15) is 0 Å². The fourth-order valence-corrected chi connectivity index (χ4v) is 2.27. The fraction of sp³-hybridized carbons (Fsp3) is 0.133. The minimum atomic E-state index is -0.0336. The molecule has 2 aromatic carbocycles. The van der Waals surface area contributed by atoms with E-state index in [2.05, 4.69) is 16.9 Å². The first-order chi connectivity index (χ1) is 8.86. The van der Waals surface area contributed by atoms with Crippen LogP contribution in [0.15, 0.2) is 60.7 Å². The standard InChI is InChI=1S/C15H15NOS/c17-15(14-9-5-2-6-10-14)16-18-12-11-13-7-3-1-4-8-13/h1-10H,11-12H2,(H,16,17). The quantitative estimate of drug-likeness (QED) is 0.657. The third-order valence-corrected chi connectivity index (χ3v) is 3.27. The third kappa shape index (κ3) is 3.93. The second-order valence-corrected chi connectivity index (χ2v) is 4.78. The van der Waals surface area contributed by atoms with Gasteiger partial charge in [0.2, 0.25) is 0 Å². The zero-order valence-electron chi connectivity index (χ0n) is 10.0. The molecule has 0 aliphatic heterocycles. The Bertz CT molecular complexity index is 484. The molecule has 2 aromatic rings. The highest BCUT2D eigenvalue weighted by atomic mass is 32.2. The van der Waals surface area contributed by atoms with Crippen molar-refractivity contribution in [3.05, 3.63) is 71.8 Å². The molecule has 1 N–H and O–H groups in total. The molecule has 0 bridgehead atoms. The average Bonchev–Trinajstić information content (AvgIpc) is 2.45. The molecular weight excluding hydrogens is 242 g/mol. The lowest BCUT2D eigenvalue weighted by Gasteiger charge is -2.04. The van der Waals surface area contributed by atoms with Crippen LogP contribution < -0.4 is 4.72 Å². The van der Waals surface area contributed by atoms with E-state index in [4.69, 9.17) is 0 Å². The summed E-state index contributed by atoms with van der Waals surface area (Å²) in [4.78, 5) is 11.7. The van der Waals surface area contributed by atoms with Crippen molar-refractivity contribution < 1.29 is 4.79 Å². The van der Waals surface area contributed by atoms with Crippen molar-refractivity contribution >= 4 is 17.9 Å². The fourth-order valence-electron chi connectivity index (χ4n) is 1.58. The number of hydrogen-bond donors (Lipinski definition) is 1. The van der Waals surface area contributed by atoms with Crippen molar-refractivity contribution in [3.8, 4) is 0 Å². The Balaban J connectivity index is 1.72. The van der Waals surface area contributed by atoms with Crippen molar-refractivity contribution in [3.63, 3.8) is 0 Å². The SMILES string of the molecule is O=C(NSCCc1ccccc1)c1ccccc1. The predicted octanol–water partition coefficient (Wildman–Crippen LogP) is 3.31. The summed E-state index contributed by atoms with van der Waals surface area (Å²) in [5.41, 5.74) is 1.99. The van der Waals surface area contributed by atoms with Crippen molar-refractivity contribution in [2.75, 3.05) is 5.75 Å². The molecule has 2 rings (SSSR count). The van der Waals surface area contributed by atoms with Crippen molar-refractivity contribution in [1.82, 2.24) is 4.72 Å². The first kappa shape index (κ1) is 12.7. The van der Waals surface area contributed by atoms with E-state index in [-0.39, 0.29) is 5.91 Å². The minimum Gasteiger partial charge on any atom is -0.296 e. The van der Waals surface area contributed by atoms with Crippen LogP contribution in [0.4, 0.5) is 0 Å². The molecule has 0 aliphatic rings. The highest BCUT2D eigenvalue weighted by Crippen LogP contribution is 2.06. The van der Waals surface area contributed by atoms with Crippen molar-refractivity contribution in [2.24, 2.45) is 0 Å². The van der Waals surface area contributed by atoms with Gasteiger partial charge in [0.1, 0.15) is 0 Å². The monoisotopic (exact) mass is 257 g/mol. The summed E-state index contributed by atoms with van der Waals surface area (Å²) >= 11 is 1.45. The molecule has 0 unspecified atom stereocenters. The van der Waals surface area contributed by atoms with E-state index in [1.807, 2.05) is 48.5 Å². The number of hydrogen-bond acceptors (Lipinski definition) is 2. The van der Waals surface area contributed by atoms with Crippen LogP contribution in [0, 0.1) is 0 Å². The normalized spacial score (nSPS) is 10.0. The summed E-state index contributed by atoms with van der Waals surface area (Å²) in [6.45, 7) is 0. The number of aryl methyl sites for hydroxylation is 1. The Labute approximate surface area is 112 Å². The second kappa shape index (κ2) is 6.87. The largest absolute Gasteiger partial charge is 0.296 e. The van der Waals surface area contributed by atoms with E-state index in [0.717, 1.165) is 12.2 Å². The lowest BCUT2D eigenvalue weighted by atomic mass is 10.2. The lowest BCUT2D eigenvalue weighted by Crippen LogP contribution is -2.16. The number of carbonyl (C=O) groups is 1. The van der Waals surface area contributed by atoms with E-state index in [1.54, 1.807) is 0 Å². The van der Waals surface area contributed by atoms with Crippen LogP contribution in [0.25, 0.3) is 0 Å². The van der Waals surface area contributed by atoms with Crippen LogP contribution in [0.3, 0.4) is 0 Å². The number of benzene rings is 2. The van der Waals surface area contributed by atoms with Crippen molar-refractivity contribution in [1.29, 1.82) is 0 Å². The summed E-state index contributed by atoms with van der Waals surface area (Å²) in [7, 11) is 0. The van der Waals surface area contributed by atoms with Gasteiger partial charge in [-0.1, -0.05) is 48.5 Å². The zero-order valence-corrected chi connectivity index (χ0v) is 10.8. The molecule has 1 amide bonds. The molecule has 0 saturated heterocycles. The summed E-state index contributed by atoms with van der Waals surface area (Å²) in [6.07, 6.45) is 0.959. The Kier molecular flexibility index (Phi) is 4.85. The molecule has 92 valence electrons. The molecule has 0 fully saturated rings. The minimum absolute atomic E-state index is 0.0336. The number of rotatable bonds is 5. The predicted molar refractivity (Wildman–Crippen MR) is 76.5 cm³/mol. The molecule has 0 aromatic heterocycles. The zero-order chi connectivity index (χ0) is 12.6. The molecule has 0 heterocycles. The molecule has 0 radical (unpaired) electrons. The molecule has 18 heavy (non-hydrogen) atoms. The molecule has 0 aliphatic carbocycles. The number of amides is 1. The molecule has 0 spiro atoms. The molecule has 0 atom stereocenters. The van der Waals surface area contributed by atoms with Crippen molar-refractivity contribution in [2.45, 2.75) is 6.42 Å². The Morgan fingerprint density at radius 3 is 2.22 bits per heavy atom.